The quantitative estimate of drug-likeness (QED) is 0.813. The lowest BCUT2D eigenvalue weighted by Crippen LogP contribution is -2.35. The van der Waals surface area contributed by atoms with Crippen molar-refractivity contribution in [3.8, 4) is 0 Å². The summed E-state index contributed by atoms with van der Waals surface area (Å²) >= 11 is 0. The molecule has 0 N–H and O–H groups in total. The molecule has 0 radical (unpaired) electrons. The molecule has 1 heterocycles. The zero-order valence-corrected chi connectivity index (χ0v) is 13.8. The van der Waals surface area contributed by atoms with Crippen LogP contribution in [0.4, 0.5) is 4.39 Å². The summed E-state index contributed by atoms with van der Waals surface area (Å²) in [7, 11) is 0. The van der Waals surface area contributed by atoms with Gasteiger partial charge in [-0.05, 0) is 48.6 Å². The van der Waals surface area contributed by atoms with Crippen LogP contribution in [-0.2, 0) is 6.54 Å². The molecule has 3 nitrogen and oxygen atoms in total. The van der Waals surface area contributed by atoms with Crippen molar-refractivity contribution in [2.45, 2.75) is 38.6 Å². The molecule has 1 aliphatic rings. The van der Waals surface area contributed by atoms with Crippen LogP contribution in [0.2, 0.25) is 0 Å². The first-order valence-corrected chi connectivity index (χ1v) is 8.66. The highest BCUT2D eigenvalue weighted by Gasteiger charge is 2.22. The summed E-state index contributed by atoms with van der Waals surface area (Å²) in [6.45, 7) is 1.24. The van der Waals surface area contributed by atoms with E-state index >= 15 is 0 Å². The highest BCUT2D eigenvalue weighted by molar-refractivity contribution is 5.94. The number of amides is 1. The Bertz CT molecular complexity index is 668. The van der Waals surface area contributed by atoms with Gasteiger partial charge in [-0.1, -0.05) is 31.4 Å². The topological polar surface area (TPSA) is 33.2 Å². The minimum atomic E-state index is -0.375. The summed E-state index contributed by atoms with van der Waals surface area (Å²) in [6.07, 6.45) is 9.60. The molecule has 1 aromatic heterocycles. The molecule has 0 atom stereocenters. The van der Waals surface area contributed by atoms with Gasteiger partial charge in [-0.2, -0.15) is 0 Å². The van der Waals surface area contributed by atoms with Crippen LogP contribution in [0.1, 0.15) is 48.0 Å². The lowest BCUT2D eigenvalue weighted by molar-refractivity contribution is 0.0698. The fourth-order valence-corrected chi connectivity index (χ4v) is 3.42. The second kappa shape index (κ2) is 8.04. The van der Waals surface area contributed by atoms with Gasteiger partial charge in [0.1, 0.15) is 5.82 Å². The van der Waals surface area contributed by atoms with Crippen LogP contribution in [0.3, 0.4) is 0 Å². The Labute approximate surface area is 142 Å². The van der Waals surface area contributed by atoms with Crippen molar-refractivity contribution in [1.29, 1.82) is 0 Å². The highest BCUT2D eigenvalue weighted by atomic mass is 19.1. The number of hydrogen-bond donors (Lipinski definition) is 0. The van der Waals surface area contributed by atoms with Crippen molar-refractivity contribution in [1.82, 2.24) is 9.88 Å². The van der Waals surface area contributed by atoms with E-state index in [1.165, 1.54) is 44.2 Å². The highest BCUT2D eigenvalue weighted by Crippen LogP contribution is 2.25. The Morgan fingerprint density at radius 3 is 2.71 bits per heavy atom. The maximum Gasteiger partial charge on any atom is 0.254 e. The number of aromatic nitrogens is 1. The van der Waals surface area contributed by atoms with Crippen molar-refractivity contribution in [2.75, 3.05) is 6.54 Å². The Morgan fingerprint density at radius 2 is 2.00 bits per heavy atom. The number of carbonyl (C=O) groups excluding carboxylic acids is 1. The van der Waals surface area contributed by atoms with Crippen molar-refractivity contribution >= 4 is 5.91 Å². The Morgan fingerprint density at radius 1 is 1.17 bits per heavy atom. The van der Waals surface area contributed by atoms with Crippen molar-refractivity contribution in [2.24, 2.45) is 5.92 Å². The number of carbonyl (C=O) groups is 1. The van der Waals surface area contributed by atoms with Crippen LogP contribution < -0.4 is 0 Å². The molecule has 0 unspecified atom stereocenters. The Kier molecular flexibility index (Phi) is 5.57. The van der Waals surface area contributed by atoms with Gasteiger partial charge < -0.3 is 4.90 Å². The SMILES string of the molecule is O=C(c1cccc(F)c1)N(Cc1cccnc1)CC1CCCCC1. The standard InChI is InChI=1S/C20H23FN2O/c21-19-10-4-9-18(12-19)20(24)23(14-16-6-2-1-3-7-16)15-17-8-5-11-22-13-17/h4-5,8-13,16H,1-3,6-7,14-15H2. The number of nitrogens with zero attached hydrogens (tertiary/aromatic N) is 2. The maximum atomic E-state index is 13.5. The number of benzene rings is 1. The average molecular weight is 326 g/mol. The minimum Gasteiger partial charge on any atom is -0.334 e. The zero-order chi connectivity index (χ0) is 16.8. The third-order valence-electron chi connectivity index (χ3n) is 4.66. The fourth-order valence-electron chi connectivity index (χ4n) is 3.42. The third-order valence-corrected chi connectivity index (χ3v) is 4.66. The van der Waals surface area contributed by atoms with Gasteiger partial charge in [0.2, 0.25) is 0 Å². The van der Waals surface area contributed by atoms with Crippen LogP contribution in [0.5, 0.6) is 0 Å². The van der Waals surface area contributed by atoms with Gasteiger partial charge in [-0.3, -0.25) is 9.78 Å². The second-order valence-electron chi connectivity index (χ2n) is 6.56. The predicted octanol–water partition coefficient (Wildman–Crippen LogP) is 4.44. The van der Waals surface area contributed by atoms with Crippen LogP contribution >= 0.6 is 0 Å². The van der Waals surface area contributed by atoms with Crippen LogP contribution in [0.25, 0.3) is 0 Å². The molecule has 0 saturated heterocycles. The lowest BCUT2D eigenvalue weighted by atomic mass is 9.88. The molecule has 1 aliphatic carbocycles. The van der Waals surface area contributed by atoms with E-state index < -0.39 is 0 Å². The normalized spacial score (nSPS) is 15.2. The van der Waals surface area contributed by atoms with E-state index in [0.717, 1.165) is 12.1 Å². The molecule has 1 fully saturated rings. The molecule has 1 amide bonds. The largest absolute Gasteiger partial charge is 0.334 e. The van der Waals surface area contributed by atoms with Crippen molar-refractivity contribution in [3.63, 3.8) is 0 Å². The summed E-state index contributed by atoms with van der Waals surface area (Å²) in [6, 6.07) is 9.80. The van der Waals surface area contributed by atoms with Gasteiger partial charge >= 0.3 is 0 Å². The smallest absolute Gasteiger partial charge is 0.254 e. The molecule has 126 valence electrons. The Balaban J connectivity index is 1.78. The molecule has 4 heteroatoms. The van der Waals surface area contributed by atoms with Crippen molar-refractivity contribution < 1.29 is 9.18 Å². The average Bonchev–Trinajstić information content (AvgIpc) is 2.62. The van der Waals surface area contributed by atoms with E-state index in [1.807, 2.05) is 17.0 Å². The van der Waals surface area contributed by atoms with E-state index in [2.05, 4.69) is 4.98 Å². The molecular weight excluding hydrogens is 303 g/mol. The zero-order valence-electron chi connectivity index (χ0n) is 13.8. The van der Waals surface area contributed by atoms with E-state index in [-0.39, 0.29) is 11.7 Å². The van der Waals surface area contributed by atoms with Crippen molar-refractivity contribution in [3.05, 3.63) is 65.7 Å². The third kappa shape index (κ3) is 4.40. The van der Waals surface area contributed by atoms with Gasteiger partial charge in [-0.25, -0.2) is 4.39 Å². The summed E-state index contributed by atoms with van der Waals surface area (Å²) in [5.41, 5.74) is 1.41. The molecule has 3 rings (SSSR count). The first kappa shape index (κ1) is 16.6. The van der Waals surface area contributed by atoms with Gasteiger partial charge in [0, 0.05) is 31.0 Å². The van der Waals surface area contributed by atoms with Crippen LogP contribution in [-0.4, -0.2) is 22.3 Å². The Hall–Kier alpha value is -2.23. The molecule has 24 heavy (non-hydrogen) atoms. The van der Waals surface area contributed by atoms with Crippen LogP contribution in [0, 0.1) is 11.7 Å². The van der Waals surface area contributed by atoms with E-state index in [9.17, 15) is 9.18 Å². The molecule has 0 spiro atoms. The number of hydrogen-bond acceptors (Lipinski definition) is 2. The van der Waals surface area contributed by atoms with E-state index in [0.29, 0.717) is 18.0 Å². The van der Waals surface area contributed by atoms with Crippen LogP contribution in [0.15, 0.2) is 48.8 Å². The molecular formula is C20H23FN2O. The number of rotatable bonds is 5. The fraction of sp³-hybridized carbons (Fsp3) is 0.400. The summed E-state index contributed by atoms with van der Waals surface area (Å²) < 4.78 is 13.5. The first-order chi connectivity index (χ1) is 11.7. The van der Waals surface area contributed by atoms with Gasteiger partial charge in [0.15, 0.2) is 0 Å². The summed E-state index contributed by atoms with van der Waals surface area (Å²) in [5.74, 6) is 0.0525. The maximum absolute atomic E-state index is 13.5. The predicted molar refractivity (Wildman–Crippen MR) is 92.0 cm³/mol. The van der Waals surface area contributed by atoms with Gasteiger partial charge in [0.25, 0.3) is 5.91 Å². The minimum absolute atomic E-state index is 0.107. The second-order valence-corrected chi connectivity index (χ2v) is 6.56. The first-order valence-electron chi connectivity index (χ1n) is 8.66. The van der Waals surface area contributed by atoms with E-state index in [1.54, 1.807) is 24.5 Å². The monoisotopic (exact) mass is 326 g/mol. The molecule has 1 saturated carbocycles. The number of pyridine rings is 1. The lowest BCUT2D eigenvalue weighted by Gasteiger charge is -2.30. The molecule has 0 aliphatic heterocycles. The van der Waals surface area contributed by atoms with Gasteiger partial charge in [0.05, 0.1) is 0 Å². The number of halogens is 1. The van der Waals surface area contributed by atoms with E-state index in [4.69, 9.17) is 0 Å². The summed E-state index contributed by atoms with van der Waals surface area (Å²) in [4.78, 5) is 18.9. The summed E-state index contributed by atoms with van der Waals surface area (Å²) in [5, 5.41) is 0. The molecule has 2 aromatic rings. The molecule has 0 bridgehead atoms. The molecule has 1 aromatic carbocycles. The van der Waals surface area contributed by atoms with Gasteiger partial charge in [-0.15, -0.1) is 0 Å².